The number of hydrogen-bond donors (Lipinski definition) is 3. The second kappa shape index (κ2) is 12.5. The van der Waals surface area contributed by atoms with E-state index in [1.807, 2.05) is 6.92 Å². The Labute approximate surface area is 254 Å². The van der Waals surface area contributed by atoms with Crippen molar-refractivity contribution >= 4 is 49.2 Å². The molecule has 0 radical (unpaired) electrons. The number of carbonyl (C=O) groups excluding carboxylic acids is 1. The van der Waals surface area contributed by atoms with Crippen LogP contribution in [0.3, 0.4) is 0 Å². The van der Waals surface area contributed by atoms with Gasteiger partial charge in [0.25, 0.3) is 5.56 Å². The lowest BCUT2D eigenvalue weighted by molar-refractivity contribution is -0.120. The Bertz CT molecular complexity index is 2070. The molecular weight excluding hydrogens is 581 g/mol. The number of benzene rings is 3. The van der Waals surface area contributed by atoms with E-state index in [4.69, 9.17) is 0 Å². The van der Waals surface area contributed by atoms with Gasteiger partial charge in [0.05, 0.1) is 27.7 Å². The van der Waals surface area contributed by atoms with Gasteiger partial charge in [-0.05, 0) is 73.2 Å². The Balaban J connectivity index is 1.45. The summed E-state index contributed by atoms with van der Waals surface area (Å²) in [6.07, 6.45) is 2.77. The Morgan fingerprint density at radius 2 is 1.86 bits per heavy atom. The lowest BCUT2D eigenvalue weighted by Crippen LogP contribution is -2.35. The molecule has 5 aromatic rings. The minimum Gasteiger partial charge on any atom is -0.350 e. The molecule has 0 aliphatic carbocycles. The fraction of sp³-hybridized carbons (Fsp3) is 0.242. The van der Waals surface area contributed by atoms with E-state index in [1.54, 1.807) is 61.9 Å². The van der Waals surface area contributed by atoms with Gasteiger partial charge < -0.3 is 20.2 Å². The van der Waals surface area contributed by atoms with E-state index in [9.17, 15) is 22.4 Å². The minimum atomic E-state index is -3.66. The number of aromatic nitrogens is 3. The molecule has 1 unspecified atom stereocenters. The Morgan fingerprint density at radius 1 is 1.11 bits per heavy atom. The summed E-state index contributed by atoms with van der Waals surface area (Å²) in [5.74, 6) is -0.168. The third kappa shape index (κ3) is 6.28. The number of anilines is 2. The Kier molecular flexibility index (Phi) is 8.68. The molecule has 0 aliphatic heterocycles. The molecule has 0 saturated carbocycles. The summed E-state index contributed by atoms with van der Waals surface area (Å²) < 4.78 is 40.9. The number of amides is 1. The summed E-state index contributed by atoms with van der Waals surface area (Å²) in [6, 6.07) is 15.6. The number of aryl methyl sites for hydroxylation is 3. The van der Waals surface area contributed by atoms with Crippen LogP contribution in [0, 0.1) is 19.7 Å². The number of carbonyl (C=O) groups is 1. The number of fused-ring (bicyclic) bond motifs is 3. The van der Waals surface area contributed by atoms with Crippen LogP contribution in [0.1, 0.15) is 36.6 Å². The lowest BCUT2D eigenvalue weighted by Gasteiger charge is -2.16. The molecule has 9 nitrogen and oxygen atoms in total. The van der Waals surface area contributed by atoms with Crippen LogP contribution in [-0.4, -0.2) is 34.9 Å². The van der Waals surface area contributed by atoms with Crippen LogP contribution in [0.15, 0.2) is 81.8 Å². The number of rotatable bonds is 10. The second-order valence-electron chi connectivity index (χ2n) is 10.8. The Morgan fingerprint density at radius 3 is 2.57 bits per heavy atom. The first-order chi connectivity index (χ1) is 21.0. The van der Waals surface area contributed by atoms with Gasteiger partial charge in [0, 0.05) is 29.9 Å². The molecule has 2 heterocycles. The molecule has 3 N–H and O–H groups in total. The van der Waals surface area contributed by atoms with Gasteiger partial charge in [-0.1, -0.05) is 43.7 Å². The summed E-state index contributed by atoms with van der Waals surface area (Å²) in [5, 5.41) is 8.33. The summed E-state index contributed by atoms with van der Waals surface area (Å²) in [6.45, 7) is 5.49. The highest BCUT2D eigenvalue weighted by atomic mass is 32.2. The van der Waals surface area contributed by atoms with Crippen LogP contribution in [0.25, 0.3) is 21.8 Å². The molecule has 0 aliphatic rings. The largest absolute Gasteiger partial charge is 0.350 e. The molecule has 0 fully saturated rings. The number of aromatic amines is 1. The van der Waals surface area contributed by atoms with Crippen molar-refractivity contribution in [1.82, 2.24) is 19.9 Å². The Hall–Kier alpha value is -4.77. The third-order valence-electron chi connectivity index (χ3n) is 7.62. The molecule has 44 heavy (non-hydrogen) atoms. The fourth-order valence-electron chi connectivity index (χ4n) is 5.36. The van der Waals surface area contributed by atoms with Gasteiger partial charge in [-0.2, -0.15) is 0 Å². The monoisotopic (exact) mass is 615 g/mol. The number of sulfone groups is 1. The van der Waals surface area contributed by atoms with Gasteiger partial charge in [-0.15, -0.1) is 0 Å². The molecule has 3 aromatic carbocycles. The normalized spacial score (nSPS) is 12.7. The van der Waals surface area contributed by atoms with Crippen LogP contribution < -0.4 is 16.2 Å². The highest BCUT2D eigenvalue weighted by Crippen LogP contribution is 2.30. The summed E-state index contributed by atoms with van der Waals surface area (Å²) in [5.41, 5.74) is 3.47. The van der Waals surface area contributed by atoms with E-state index >= 15 is 0 Å². The molecule has 2 aromatic heterocycles. The first-order valence-corrected chi connectivity index (χ1v) is 15.8. The first kappa shape index (κ1) is 30.7. The van der Waals surface area contributed by atoms with Gasteiger partial charge in [0.1, 0.15) is 5.82 Å². The number of nitrogens with one attached hydrogen (secondary N) is 3. The SMILES string of the molecule is CCCC(C=CS(=O)(=O)c1ccccc1)NC(=O)Cc1c(C)[nH]c(=O)c2c1ccc1nc(Nc3ccc(F)cc3C)n(C)c12. The lowest BCUT2D eigenvalue weighted by atomic mass is 10.00. The molecule has 5 rings (SSSR count). The topological polar surface area (TPSA) is 126 Å². The molecular formula is C33H34FN5O4S. The van der Waals surface area contributed by atoms with E-state index in [1.165, 1.54) is 30.3 Å². The molecule has 0 saturated heterocycles. The van der Waals surface area contributed by atoms with Crippen molar-refractivity contribution < 1.29 is 17.6 Å². The van der Waals surface area contributed by atoms with Crippen molar-refractivity contribution in [3.05, 3.63) is 105 Å². The zero-order valence-corrected chi connectivity index (χ0v) is 25.8. The smallest absolute Gasteiger partial charge is 0.258 e. The van der Waals surface area contributed by atoms with Crippen LogP contribution in [0.2, 0.25) is 0 Å². The maximum atomic E-state index is 13.6. The minimum absolute atomic E-state index is 0.0260. The standard InChI is InChI=1S/C33H34FN5O4S/c1-5-9-23(16-17-44(42,43)24-10-7-6-8-11-24)36-29(40)19-26-21(3)35-32(41)30-25(26)13-15-28-31(30)39(4)33(38-28)37-27-14-12-22(34)18-20(27)2/h6-8,10-18,23H,5,9,19H2,1-4H3,(H,35,41)(H,36,40)(H,37,38). The zero-order chi connectivity index (χ0) is 31.6. The van der Waals surface area contributed by atoms with Crippen LogP contribution in [0.5, 0.6) is 0 Å². The van der Waals surface area contributed by atoms with Gasteiger partial charge >= 0.3 is 0 Å². The van der Waals surface area contributed by atoms with Crippen molar-refractivity contribution in [1.29, 1.82) is 0 Å². The maximum absolute atomic E-state index is 13.6. The predicted molar refractivity (Wildman–Crippen MR) is 171 cm³/mol. The average Bonchev–Trinajstić information content (AvgIpc) is 3.30. The molecule has 1 atom stereocenters. The van der Waals surface area contributed by atoms with E-state index < -0.39 is 15.9 Å². The fourth-order valence-corrected chi connectivity index (χ4v) is 6.45. The van der Waals surface area contributed by atoms with Crippen LogP contribution >= 0.6 is 0 Å². The number of imidazole rings is 1. The number of H-pyrrole nitrogens is 1. The third-order valence-corrected chi connectivity index (χ3v) is 9.07. The van der Waals surface area contributed by atoms with Crippen LogP contribution in [0.4, 0.5) is 16.0 Å². The molecule has 228 valence electrons. The summed E-state index contributed by atoms with van der Waals surface area (Å²) in [7, 11) is -1.87. The molecule has 1 amide bonds. The van der Waals surface area contributed by atoms with Gasteiger partial charge in [-0.3, -0.25) is 9.59 Å². The van der Waals surface area contributed by atoms with Crippen molar-refractivity contribution in [2.24, 2.45) is 7.05 Å². The highest BCUT2D eigenvalue weighted by Gasteiger charge is 2.20. The quantitative estimate of drug-likeness (QED) is 0.184. The van der Waals surface area contributed by atoms with Crippen LogP contribution in [-0.2, 0) is 28.1 Å². The first-order valence-electron chi connectivity index (χ1n) is 14.3. The predicted octanol–water partition coefficient (Wildman–Crippen LogP) is 5.73. The highest BCUT2D eigenvalue weighted by molar-refractivity contribution is 7.94. The molecule has 0 bridgehead atoms. The number of hydrogen-bond acceptors (Lipinski definition) is 6. The van der Waals surface area contributed by atoms with Crippen molar-refractivity contribution in [2.45, 2.75) is 51.0 Å². The maximum Gasteiger partial charge on any atom is 0.258 e. The van der Waals surface area contributed by atoms with Gasteiger partial charge in [0.2, 0.25) is 11.9 Å². The van der Waals surface area contributed by atoms with Crippen molar-refractivity contribution in [3.8, 4) is 0 Å². The van der Waals surface area contributed by atoms with E-state index in [0.717, 1.165) is 11.8 Å². The summed E-state index contributed by atoms with van der Waals surface area (Å²) >= 11 is 0. The van der Waals surface area contributed by atoms with E-state index in [-0.39, 0.29) is 28.6 Å². The van der Waals surface area contributed by atoms with Gasteiger partial charge in [0.15, 0.2) is 9.84 Å². The van der Waals surface area contributed by atoms with E-state index in [0.29, 0.717) is 56.7 Å². The zero-order valence-electron chi connectivity index (χ0n) is 24.9. The van der Waals surface area contributed by atoms with E-state index in [2.05, 4.69) is 20.6 Å². The number of halogens is 1. The van der Waals surface area contributed by atoms with Gasteiger partial charge in [-0.25, -0.2) is 17.8 Å². The number of nitrogens with zero attached hydrogens (tertiary/aromatic N) is 2. The number of pyridine rings is 1. The van der Waals surface area contributed by atoms with Crippen molar-refractivity contribution in [3.63, 3.8) is 0 Å². The molecule has 11 heteroatoms. The molecule has 0 spiro atoms. The van der Waals surface area contributed by atoms with Crippen molar-refractivity contribution in [2.75, 3.05) is 5.32 Å². The second-order valence-corrected chi connectivity index (χ2v) is 12.7. The summed E-state index contributed by atoms with van der Waals surface area (Å²) in [4.78, 5) is 34.4. The average molecular weight is 616 g/mol.